The van der Waals surface area contributed by atoms with Gasteiger partial charge in [0.25, 0.3) is 5.56 Å². The molecule has 3 rings (SSSR count). The van der Waals surface area contributed by atoms with Crippen molar-refractivity contribution >= 4 is 33.4 Å². The number of fused-ring (bicyclic) bond motifs is 1. The van der Waals surface area contributed by atoms with Crippen molar-refractivity contribution in [2.45, 2.75) is 19.9 Å². The largest absolute Gasteiger partial charge is 0.497 e. The summed E-state index contributed by atoms with van der Waals surface area (Å²) in [7, 11) is 2.82. The fourth-order valence-corrected chi connectivity index (χ4v) is 3.96. The second kappa shape index (κ2) is 8.22. The molecule has 0 bridgehead atoms. The molecule has 0 aliphatic carbocycles. The van der Waals surface area contributed by atoms with E-state index in [9.17, 15) is 14.4 Å². The number of nitrogens with one attached hydrogen (secondary N) is 2. The fraction of sp³-hybridized carbons (Fsp3) is 0.263. The molecule has 0 radical (unpaired) electrons. The molecule has 28 heavy (non-hydrogen) atoms. The van der Waals surface area contributed by atoms with E-state index in [1.165, 1.54) is 7.11 Å². The summed E-state index contributed by atoms with van der Waals surface area (Å²) in [5.41, 5.74) is 0.805. The van der Waals surface area contributed by atoms with Crippen molar-refractivity contribution in [3.05, 3.63) is 56.4 Å². The number of thiophene rings is 1. The van der Waals surface area contributed by atoms with Crippen LogP contribution in [0.1, 0.15) is 26.6 Å². The molecule has 0 spiro atoms. The van der Waals surface area contributed by atoms with Crippen LogP contribution >= 0.6 is 11.3 Å². The topological polar surface area (TPSA) is 110 Å². The SMILES string of the molecule is COC(=O)c1sc2nc(C)[nH]c(=O)c2c1CC(=O)NCc1cccc(OC)c1. The number of ether oxygens (including phenoxy) is 2. The number of carbonyl (C=O) groups excluding carboxylic acids is 2. The summed E-state index contributed by atoms with van der Waals surface area (Å²) in [6.45, 7) is 1.94. The van der Waals surface area contributed by atoms with E-state index in [-0.39, 0.29) is 28.2 Å². The van der Waals surface area contributed by atoms with E-state index in [4.69, 9.17) is 9.47 Å². The first-order valence-electron chi connectivity index (χ1n) is 8.43. The Kier molecular flexibility index (Phi) is 5.74. The molecule has 0 saturated heterocycles. The number of rotatable bonds is 6. The van der Waals surface area contributed by atoms with Crippen molar-refractivity contribution in [2.24, 2.45) is 0 Å². The Bertz CT molecular complexity index is 1100. The van der Waals surface area contributed by atoms with Crippen LogP contribution in [0.3, 0.4) is 0 Å². The Morgan fingerprint density at radius 2 is 2.07 bits per heavy atom. The zero-order valence-corrected chi connectivity index (χ0v) is 16.4. The molecule has 0 saturated carbocycles. The second-order valence-corrected chi connectivity index (χ2v) is 7.04. The van der Waals surface area contributed by atoms with Crippen LogP contribution in [-0.4, -0.2) is 36.1 Å². The molecule has 8 nitrogen and oxygen atoms in total. The Balaban J connectivity index is 1.86. The Morgan fingerprint density at radius 1 is 1.29 bits per heavy atom. The van der Waals surface area contributed by atoms with Gasteiger partial charge in [-0.1, -0.05) is 12.1 Å². The fourth-order valence-electron chi connectivity index (χ4n) is 2.80. The van der Waals surface area contributed by atoms with Gasteiger partial charge >= 0.3 is 5.97 Å². The van der Waals surface area contributed by atoms with Crippen LogP contribution in [-0.2, 0) is 22.5 Å². The molecule has 1 amide bonds. The van der Waals surface area contributed by atoms with Crippen molar-refractivity contribution in [3.63, 3.8) is 0 Å². The zero-order chi connectivity index (χ0) is 20.3. The van der Waals surface area contributed by atoms with Gasteiger partial charge in [0.1, 0.15) is 21.3 Å². The Morgan fingerprint density at radius 3 is 2.79 bits per heavy atom. The molecule has 146 valence electrons. The molecule has 0 atom stereocenters. The van der Waals surface area contributed by atoms with Crippen LogP contribution in [0.2, 0.25) is 0 Å². The summed E-state index contributed by atoms with van der Waals surface area (Å²) in [5.74, 6) is 0.198. The Hall–Kier alpha value is -3.20. The highest BCUT2D eigenvalue weighted by Crippen LogP contribution is 2.29. The van der Waals surface area contributed by atoms with E-state index in [0.717, 1.165) is 16.9 Å². The van der Waals surface area contributed by atoms with E-state index < -0.39 is 5.97 Å². The summed E-state index contributed by atoms with van der Waals surface area (Å²) in [6.07, 6.45) is -0.137. The average Bonchev–Trinajstić information content (AvgIpc) is 3.04. The molecule has 2 heterocycles. The first kappa shape index (κ1) is 19.6. The molecule has 0 unspecified atom stereocenters. The lowest BCUT2D eigenvalue weighted by Crippen LogP contribution is -2.25. The minimum atomic E-state index is -0.601. The third-order valence-electron chi connectivity index (χ3n) is 4.11. The summed E-state index contributed by atoms with van der Waals surface area (Å²) >= 11 is 1.04. The highest BCUT2D eigenvalue weighted by molar-refractivity contribution is 7.20. The van der Waals surface area contributed by atoms with Gasteiger partial charge in [-0.2, -0.15) is 0 Å². The number of esters is 1. The van der Waals surface area contributed by atoms with E-state index >= 15 is 0 Å². The van der Waals surface area contributed by atoms with Crippen LogP contribution in [0, 0.1) is 6.92 Å². The molecular weight excluding hydrogens is 382 g/mol. The number of hydrogen-bond donors (Lipinski definition) is 2. The molecule has 0 aliphatic rings. The van der Waals surface area contributed by atoms with Crippen molar-refractivity contribution in [1.29, 1.82) is 0 Å². The van der Waals surface area contributed by atoms with E-state index in [1.54, 1.807) is 14.0 Å². The minimum Gasteiger partial charge on any atom is -0.497 e. The van der Waals surface area contributed by atoms with E-state index in [1.807, 2.05) is 24.3 Å². The maximum atomic E-state index is 12.5. The van der Waals surface area contributed by atoms with Gasteiger partial charge in [0.05, 0.1) is 26.0 Å². The molecule has 2 N–H and O–H groups in total. The molecule has 1 aromatic carbocycles. The lowest BCUT2D eigenvalue weighted by atomic mass is 10.1. The van der Waals surface area contributed by atoms with Crippen LogP contribution in [0.25, 0.3) is 10.2 Å². The number of aromatic amines is 1. The van der Waals surface area contributed by atoms with Gasteiger partial charge in [0.2, 0.25) is 5.91 Å². The number of methoxy groups -OCH3 is 2. The highest BCUT2D eigenvalue weighted by Gasteiger charge is 2.24. The molecule has 3 aromatic rings. The number of aryl methyl sites for hydroxylation is 1. The number of carbonyl (C=O) groups is 2. The maximum Gasteiger partial charge on any atom is 0.348 e. The van der Waals surface area contributed by atoms with Crippen LogP contribution in [0.5, 0.6) is 5.75 Å². The van der Waals surface area contributed by atoms with E-state index in [2.05, 4.69) is 15.3 Å². The van der Waals surface area contributed by atoms with Crippen molar-refractivity contribution in [3.8, 4) is 5.75 Å². The summed E-state index contributed by atoms with van der Waals surface area (Å²) < 4.78 is 9.96. The predicted octanol–water partition coefficient (Wildman–Crippen LogP) is 1.95. The van der Waals surface area contributed by atoms with Gasteiger partial charge in [0, 0.05) is 12.1 Å². The van der Waals surface area contributed by atoms with Crippen LogP contribution in [0.15, 0.2) is 29.1 Å². The quantitative estimate of drug-likeness (QED) is 0.611. The number of hydrogen-bond acceptors (Lipinski definition) is 7. The minimum absolute atomic E-state index is 0.137. The second-order valence-electron chi connectivity index (χ2n) is 6.04. The predicted molar refractivity (Wildman–Crippen MR) is 105 cm³/mol. The van der Waals surface area contributed by atoms with Crippen molar-refractivity contribution < 1.29 is 19.1 Å². The summed E-state index contributed by atoms with van der Waals surface area (Å²) in [5, 5.41) is 3.04. The smallest absolute Gasteiger partial charge is 0.348 e. The number of benzene rings is 1. The van der Waals surface area contributed by atoms with Gasteiger partial charge in [-0.25, -0.2) is 9.78 Å². The lowest BCUT2D eigenvalue weighted by molar-refractivity contribution is -0.120. The van der Waals surface area contributed by atoms with Gasteiger partial charge in [0.15, 0.2) is 0 Å². The molecular formula is C19H19N3O5S. The number of amides is 1. The molecule has 0 aliphatic heterocycles. The normalized spacial score (nSPS) is 10.7. The zero-order valence-electron chi connectivity index (χ0n) is 15.6. The van der Waals surface area contributed by atoms with Crippen molar-refractivity contribution in [1.82, 2.24) is 15.3 Å². The van der Waals surface area contributed by atoms with Gasteiger partial charge in [-0.3, -0.25) is 9.59 Å². The Labute approximate surface area is 164 Å². The van der Waals surface area contributed by atoms with Gasteiger partial charge in [-0.05, 0) is 24.6 Å². The molecule has 2 aromatic heterocycles. The molecule has 9 heteroatoms. The van der Waals surface area contributed by atoms with Crippen molar-refractivity contribution in [2.75, 3.05) is 14.2 Å². The monoisotopic (exact) mass is 401 g/mol. The molecule has 0 fully saturated rings. The lowest BCUT2D eigenvalue weighted by Gasteiger charge is -2.08. The van der Waals surface area contributed by atoms with Gasteiger partial charge in [-0.15, -0.1) is 11.3 Å². The number of nitrogens with zero attached hydrogens (tertiary/aromatic N) is 1. The van der Waals surface area contributed by atoms with E-state index in [0.29, 0.717) is 28.5 Å². The number of aromatic nitrogens is 2. The highest BCUT2D eigenvalue weighted by atomic mass is 32.1. The third kappa shape index (κ3) is 4.04. The van der Waals surface area contributed by atoms with Gasteiger partial charge < -0.3 is 19.8 Å². The van der Waals surface area contributed by atoms with Crippen LogP contribution in [0.4, 0.5) is 0 Å². The maximum absolute atomic E-state index is 12.5. The third-order valence-corrected chi connectivity index (χ3v) is 5.22. The number of H-pyrrole nitrogens is 1. The van der Waals surface area contributed by atoms with Crippen LogP contribution < -0.4 is 15.6 Å². The summed E-state index contributed by atoms with van der Waals surface area (Å²) in [6, 6.07) is 7.32. The average molecular weight is 401 g/mol. The summed E-state index contributed by atoms with van der Waals surface area (Å²) in [4.78, 5) is 44.5. The first-order chi connectivity index (χ1) is 13.4. The standard InChI is InChI=1S/C19H19N3O5S/c1-10-21-17(24)15-13(16(19(25)27-3)28-18(15)22-10)8-14(23)20-9-11-5-4-6-12(7-11)26-2/h4-7H,8-9H2,1-3H3,(H,20,23)(H,21,22,24). The first-order valence-corrected chi connectivity index (χ1v) is 9.24.